The Labute approximate surface area is 166 Å². The molecule has 1 N–H and O–H groups in total. The van der Waals surface area contributed by atoms with Gasteiger partial charge in [0.15, 0.2) is 6.10 Å². The molecule has 2 aromatic carbocycles. The molecule has 0 unspecified atom stereocenters. The summed E-state index contributed by atoms with van der Waals surface area (Å²) in [6.45, 7) is 5.82. The molecule has 2 aromatic rings. The molecule has 2 rings (SSSR count). The van der Waals surface area contributed by atoms with Crippen LogP contribution in [0.5, 0.6) is 0 Å². The van der Waals surface area contributed by atoms with Crippen LogP contribution in [0, 0.1) is 0 Å². The number of benzene rings is 2. The molecule has 28 heavy (non-hydrogen) atoms. The van der Waals surface area contributed by atoms with E-state index in [9.17, 15) is 9.59 Å². The van der Waals surface area contributed by atoms with Crippen LogP contribution in [0.3, 0.4) is 0 Å². The maximum Gasteiger partial charge on any atom is 0.330 e. The monoisotopic (exact) mass is 381 g/mol. The normalized spacial score (nSPS) is 11.6. The van der Waals surface area contributed by atoms with Gasteiger partial charge in [-0.2, -0.15) is 0 Å². The van der Waals surface area contributed by atoms with Crippen molar-refractivity contribution in [2.75, 3.05) is 13.1 Å². The third kappa shape index (κ3) is 7.76. The molecule has 0 aliphatic rings. The van der Waals surface area contributed by atoms with Gasteiger partial charge in [0.25, 0.3) is 0 Å². The molecule has 0 bridgehead atoms. The van der Waals surface area contributed by atoms with Crippen LogP contribution in [0.25, 0.3) is 0 Å². The Morgan fingerprint density at radius 2 is 1.50 bits per heavy atom. The molecule has 0 saturated carbocycles. The summed E-state index contributed by atoms with van der Waals surface area (Å²) in [5.74, 6) is -0.784. The van der Waals surface area contributed by atoms with E-state index in [2.05, 4.69) is 5.32 Å². The van der Waals surface area contributed by atoms with Gasteiger partial charge in [-0.05, 0) is 31.9 Å². The topological polar surface area (TPSA) is 64.6 Å². The van der Waals surface area contributed by atoms with E-state index in [1.165, 1.54) is 6.08 Å². The molecule has 5 heteroatoms. The van der Waals surface area contributed by atoms with Gasteiger partial charge >= 0.3 is 11.9 Å². The third-order valence-electron chi connectivity index (χ3n) is 3.65. The number of nitrogens with one attached hydrogen (secondary N) is 1. The summed E-state index contributed by atoms with van der Waals surface area (Å²) in [6.07, 6.45) is 2.50. The van der Waals surface area contributed by atoms with E-state index in [-0.39, 0.29) is 12.5 Å². The van der Waals surface area contributed by atoms with Crippen LogP contribution in [0.15, 0.2) is 72.8 Å². The molecule has 0 saturated heterocycles. The Hall–Kier alpha value is -2.92. The first-order valence-corrected chi connectivity index (χ1v) is 9.25. The molecule has 0 aromatic heterocycles. The summed E-state index contributed by atoms with van der Waals surface area (Å²) in [7, 11) is 0. The molecule has 0 spiro atoms. The molecule has 0 radical (unpaired) electrons. The van der Waals surface area contributed by atoms with Gasteiger partial charge in [-0.15, -0.1) is 0 Å². The zero-order valence-electron chi connectivity index (χ0n) is 16.6. The second-order valence-electron chi connectivity index (χ2n) is 7.26. The molecule has 0 aliphatic heterocycles. The van der Waals surface area contributed by atoms with Crippen molar-refractivity contribution in [3.8, 4) is 0 Å². The van der Waals surface area contributed by atoms with Crippen molar-refractivity contribution in [3.05, 3.63) is 83.9 Å². The number of rotatable bonds is 8. The molecular formula is C23H27NO4. The van der Waals surface area contributed by atoms with E-state index in [0.717, 1.165) is 11.1 Å². The zero-order chi connectivity index (χ0) is 20.4. The fraction of sp³-hybridized carbons (Fsp3) is 0.304. The average Bonchev–Trinajstić information content (AvgIpc) is 2.66. The van der Waals surface area contributed by atoms with Gasteiger partial charge in [0.2, 0.25) is 0 Å². The average molecular weight is 381 g/mol. The highest BCUT2D eigenvalue weighted by Gasteiger charge is 2.18. The van der Waals surface area contributed by atoms with Gasteiger partial charge in [0.1, 0.15) is 5.60 Å². The molecule has 0 fully saturated rings. The van der Waals surface area contributed by atoms with E-state index in [1.54, 1.807) is 6.08 Å². The summed E-state index contributed by atoms with van der Waals surface area (Å²) in [5.41, 5.74) is 1.29. The first-order valence-electron chi connectivity index (χ1n) is 9.25. The van der Waals surface area contributed by atoms with Gasteiger partial charge in [0, 0.05) is 12.6 Å². The predicted octanol–water partition coefficient (Wildman–Crippen LogP) is 3.81. The lowest BCUT2D eigenvalue weighted by Crippen LogP contribution is -2.27. The Balaban J connectivity index is 1.86. The van der Waals surface area contributed by atoms with Crippen molar-refractivity contribution in [1.29, 1.82) is 0 Å². The number of carbonyl (C=O) groups is 2. The van der Waals surface area contributed by atoms with Crippen molar-refractivity contribution in [1.82, 2.24) is 5.32 Å². The van der Waals surface area contributed by atoms with Crippen LogP contribution in [0.4, 0.5) is 0 Å². The quantitative estimate of drug-likeness (QED) is 0.428. The van der Waals surface area contributed by atoms with E-state index in [1.807, 2.05) is 81.4 Å². The Kier molecular flexibility index (Phi) is 7.96. The second-order valence-corrected chi connectivity index (χ2v) is 7.26. The fourth-order valence-electron chi connectivity index (χ4n) is 2.51. The first-order chi connectivity index (χ1) is 13.3. The maximum absolute atomic E-state index is 12.3. The SMILES string of the molecule is CC(C)(C)OC(=O)C=CCNCC(=O)OC(c1ccccc1)c1ccccc1. The minimum Gasteiger partial charge on any atom is -0.457 e. The van der Waals surface area contributed by atoms with E-state index in [4.69, 9.17) is 9.47 Å². The molecule has 0 heterocycles. The Bertz CT molecular complexity index is 740. The van der Waals surface area contributed by atoms with Crippen LogP contribution < -0.4 is 5.32 Å². The van der Waals surface area contributed by atoms with Gasteiger partial charge < -0.3 is 14.8 Å². The van der Waals surface area contributed by atoms with Crippen LogP contribution in [-0.4, -0.2) is 30.6 Å². The molecule has 0 atom stereocenters. The van der Waals surface area contributed by atoms with Crippen molar-refractivity contribution >= 4 is 11.9 Å². The minimum atomic E-state index is -0.525. The molecule has 0 aliphatic carbocycles. The number of esters is 2. The van der Waals surface area contributed by atoms with Crippen molar-refractivity contribution in [2.45, 2.75) is 32.5 Å². The van der Waals surface area contributed by atoms with Crippen molar-refractivity contribution in [2.24, 2.45) is 0 Å². The van der Waals surface area contributed by atoms with E-state index in [0.29, 0.717) is 6.54 Å². The number of hydrogen-bond acceptors (Lipinski definition) is 5. The fourth-order valence-corrected chi connectivity index (χ4v) is 2.51. The summed E-state index contributed by atoms with van der Waals surface area (Å²) in [4.78, 5) is 23.9. The standard InChI is InChI=1S/C23H27NO4/c1-23(2,3)28-20(25)15-10-16-24-17-21(26)27-22(18-11-6-4-7-12-18)19-13-8-5-9-14-19/h4-15,22,24H,16-17H2,1-3H3. The van der Waals surface area contributed by atoms with Crippen molar-refractivity contribution < 1.29 is 19.1 Å². The van der Waals surface area contributed by atoms with Crippen LogP contribution in [0.2, 0.25) is 0 Å². The van der Waals surface area contributed by atoms with Gasteiger partial charge in [-0.3, -0.25) is 4.79 Å². The number of hydrogen-bond donors (Lipinski definition) is 1. The summed E-state index contributed by atoms with van der Waals surface area (Å²) in [6, 6.07) is 19.2. The lowest BCUT2D eigenvalue weighted by atomic mass is 10.0. The van der Waals surface area contributed by atoms with Crippen molar-refractivity contribution in [3.63, 3.8) is 0 Å². The molecule has 0 amide bonds. The number of carbonyl (C=O) groups excluding carboxylic acids is 2. The summed E-state index contributed by atoms with van der Waals surface area (Å²) in [5, 5.41) is 2.94. The van der Waals surface area contributed by atoms with Crippen LogP contribution in [0.1, 0.15) is 38.0 Å². The highest BCUT2D eigenvalue weighted by atomic mass is 16.6. The Morgan fingerprint density at radius 3 is 2.00 bits per heavy atom. The predicted molar refractivity (Wildman–Crippen MR) is 109 cm³/mol. The summed E-state index contributed by atoms with van der Waals surface area (Å²) < 4.78 is 10.9. The molecule has 148 valence electrons. The summed E-state index contributed by atoms with van der Waals surface area (Å²) >= 11 is 0. The third-order valence-corrected chi connectivity index (χ3v) is 3.65. The Morgan fingerprint density at radius 1 is 0.964 bits per heavy atom. The van der Waals surface area contributed by atoms with Gasteiger partial charge in [0.05, 0.1) is 6.54 Å². The van der Waals surface area contributed by atoms with Gasteiger partial charge in [-0.1, -0.05) is 66.7 Å². The second kappa shape index (κ2) is 10.4. The van der Waals surface area contributed by atoms with E-state index >= 15 is 0 Å². The molecular weight excluding hydrogens is 354 g/mol. The minimum absolute atomic E-state index is 0.0365. The van der Waals surface area contributed by atoms with E-state index < -0.39 is 17.7 Å². The zero-order valence-corrected chi connectivity index (χ0v) is 16.6. The lowest BCUT2D eigenvalue weighted by molar-refractivity contribution is -0.148. The van der Waals surface area contributed by atoms with Crippen LogP contribution in [-0.2, 0) is 19.1 Å². The van der Waals surface area contributed by atoms with Gasteiger partial charge in [-0.25, -0.2) is 4.79 Å². The smallest absolute Gasteiger partial charge is 0.330 e. The highest BCUT2D eigenvalue weighted by molar-refractivity contribution is 5.82. The largest absolute Gasteiger partial charge is 0.457 e. The van der Waals surface area contributed by atoms with Crippen LogP contribution >= 0.6 is 0 Å². The maximum atomic E-state index is 12.3. The molecule has 5 nitrogen and oxygen atoms in total. The first kappa shape index (κ1) is 21.4. The highest BCUT2D eigenvalue weighted by Crippen LogP contribution is 2.25. The lowest BCUT2D eigenvalue weighted by Gasteiger charge is -2.19. The number of ether oxygens (including phenoxy) is 2.